The minimum absolute atomic E-state index is 0.334. The second kappa shape index (κ2) is 10.0. The third-order valence-corrected chi connectivity index (χ3v) is 5.56. The second-order valence-corrected chi connectivity index (χ2v) is 7.56. The Balaban J connectivity index is 1.62. The summed E-state index contributed by atoms with van der Waals surface area (Å²) in [5, 5.41) is 0.919. The van der Waals surface area contributed by atoms with E-state index in [4.69, 9.17) is 9.47 Å². The predicted molar refractivity (Wildman–Crippen MR) is 114 cm³/mol. The highest BCUT2D eigenvalue weighted by Gasteiger charge is 2.09. The molecule has 5 heteroatoms. The standard InChI is InChI=1S/C23H25NO3S/c1-3-4-5-6-15-27-20-13-11-17(12-14-20)21-16-24-22(28-21)18-7-9-19(10-8-18)23(25)26-2/h7-14,16H,3-6,15H2,1-2H3. The minimum Gasteiger partial charge on any atom is -0.494 e. The average Bonchev–Trinajstić information content (AvgIpc) is 3.24. The molecule has 28 heavy (non-hydrogen) atoms. The molecule has 4 nitrogen and oxygen atoms in total. The molecule has 1 aromatic heterocycles. The van der Waals surface area contributed by atoms with Gasteiger partial charge >= 0.3 is 5.97 Å². The van der Waals surface area contributed by atoms with Crippen molar-refractivity contribution in [1.82, 2.24) is 4.98 Å². The summed E-state index contributed by atoms with van der Waals surface area (Å²) in [6, 6.07) is 15.5. The van der Waals surface area contributed by atoms with Crippen molar-refractivity contribution in [3.8, 4) is 26.8 Å². The predicted octanol–water partition coefficient (Wildman–Crippen LogP) is 6.22. The average molecular weight is 396 g/mol. The number of ether oxygens (including phenoxy) is 2. The van der Waals surface area contributed by atoms with E-state index in [1.54, 1.807) is 23.5 Å². The molecule has 0 N–H and O–H groups in total. The van der Waals surface area contributed by atoms with Crippen LogP contribution in [0.15, 0.2) is 54.7 Å². The van der Waals surface area contributed by atoms with Crippen LogP contribution in [0, 0.1) is 0 Å². The van der Waals surface area contributed by atoms with E-state index in [0.717, 1.165) is 39.8 Å². The Morgan fingerprint density at radius 2 is 1.68 bits per heavy atom. The zero-order valence-electron chi connectivity index (χ0n) is 16.3. The summed E-state index contributed by atoms with van der Waals surface area (Å²) < 4.78 is 10.5. The van der Waals surface area contributed by atoms with Crippen LogP contribution in [-0.2, 0) is 4.74 Å². The molecule has 0 aliphatic rings. The molecule has 2 aromatic carbocycles. The van der Waals surface area contributed by atoms with E-state index in [9.17, 15) is 4.79 Å². The molecule has 1 heterocycles. The van der Waals surface area contributed by atoms with Crippen molar-refractivity contribution in [2.24, 2.45) is 0 Å². The van der Waals surface area contributed by atoms with E-state index < -0.39 is 0 Å². The number of rotatable bonds is 9. The van der Waals surface area contributed by atoms with Gasteiger partial charge in [-0.05, 0) is 48.4 Å². The lowest BCUT2D eigenvalue weighted by Gasteiger charge is -2.06. The van der Waals surface area contributed by atoms with E-state index in [1.807, 2.05) is 30.5 Å². The highest BCUT2D eigenvalue weighted by atomic mass is 32.1. The van der Waals surface area contributed by atoms with Gasteiger partial charge in [0.15, 0.2) is 0 Å². The number of carbonyl (C=O) groups excluding carboxylic acids is 1. The van der Waals surface area contributed by atoms with Crippen molar-refractivity contribution in [1.29, 1.82) is 0 Å². The Labute approximate surface area is 170 Å². The topological polar surface area (TPSA) is 48.4 Å². The Morgan fingerprint density at radius 1 is 0.964 bits per heavy atom. The Kier molecular flexibility index (Phi) is 7.20. The van der Waals surface area contributed by atoms with Gasteiger partial charge in [-0.15, -0.1) is 11.3 Å². The van der Waals surface area contributed by atoms with Crippen LogP contribution in [0.5, 0.6) is 5.75 Å². The highest BCUT2D eigenvalue weighted by molar-refractivity contribution is 7.18. The van der Waals surface area contributed by atoms with Crippen LogP contribution >= 0.6 is 11.3 Å². The molecule has 0 fully saturated rings. The maximum Gasteiger partial charge on any atom is 0.337 e. The summed E-state index contributed by atoms with van der Waals surface area (Å²) in [5.41, 5.74) is 2.64. The van der Waals surface area contributed by atoms with Gasteiger partial charge in [0.2, 0.25) is 0 Å². The van der Waals surface area contributed by atoms with E-state index in [-0.39, 0.29) is 5.97 Å². The van der Waals surface area contributed by atoms with Crippen molar-refractivity contribution in [3.63, 3.8) is 0 Å². The number of esters is 1. The van der Waals surface area contributed by atoms with Gasteiger partial charge < -0.3 is 9.47 Å². The summed E-state index contributed by atoms with van der Waals surface area (Å²) in [5.74, 6) is 0.572. The lowest BCUT2D eigenvalue weighted by Crippen LogP contribution is -2.00. The fourth-order valence-electron chi connectivity index (χ4n) is 2.84. The number of benzene rings is 2. The number of carbonyl (C=O) groups is 1. The number of hydrogen-bond donors (Lipinski definition) is 0. The number of aromatic nitrogens is 1. The number of thiazole rings is 1. The van der Waals surface area contributed by atoms with Crippen LogP contribution in [0.4, 0.5) is 0 Å². The van der Waals surface area contributed by atoms with Gasteiger partial charge in [0, 0.05) is 11.8 Å². The molecular weight excluding hydrogens is 370 g/mol. The fourth-order valence-corrected chi connectivity index (χ4v) is 3.77. The molecule has 0 amide bonds. The molecule has 0 atom stereocenters. The first-order valence-electron chi connectivity index (χ1n) is 9.59. The third-order valence-electron chi connectivity index (χ3n) is 4.46. The van der Waals surface area contributed by atoms with Crippen LogP contribution in [0.2, 0.25) is 0 Å². The van der Waals surface area contributed by atoms with Crippen molar-refractivity contribution < 1.29 is 14.3 Å². The molecule has 146 valence electrons. The van der Waals surface area contributed by atoms with Crippen molar-refractivity contribution in [2.75, 3.05) is 13.7 Å². The summed E-state index contributed by atoms with van der Waals surface area (Å²) in [6.45, 7) is 2.98. The van der Waals surface area contributed by atoms with Gasteiger partial charge in [-0.1, -0.05) is 38.3 Å². The lowest BCUT2D eigenvalue weighted by atomic mass is 10.1. The molecule has 0 unspecified atom stereocenters. The first-order chi connectivity index (χ1) is 13.7. The SMILES string of the molecule is CCCCCCOc1ccc(-c2cnc(-c3ccc(C(=O)OC)cc3)s2)cc1. The summed E-state index contributed by atoms with van der Waals surface area (Å²) >= 11 is 1.62. The van der Waals surface area contributed by atoms with E-state index >= 15 is 0 Å². The van der Waals surface area contributed by atoms with E-state index in [1.165, 1.54) is 26.4 Å². The number of methoxy groups -OCH3 is 1. The minimum atomic E-state index is -0.334. The molecule has 0 saturated carbocycles. The monoisotopic (exact) mass is 395 g/mol. The van der Waals surface area contributed by atoms with E-state index in [0.29, 0.717) is 5.56 Å². The van der Waals surface area contributed by atoms with Gasteiger partial charge in [-0.2, -0.15) is 0 Å². The first kappa shape index (κ1) is 20.1. The summed E-state index contributed by atoms with van der Waals surface area (Å²) in [7, 11) is 1.38. The molecule has 3 aromatic rings. The van der Waals surface area contributed by atoms with Crippen molar-refractivity contribution in [3.05, 3.63) is 60.3 Å². The third kappa shape index (κ3) is 5.20. The highest BCUT2D eigenvalue weighted by Crippen LogP contribution is 2.33. The maximum absolute atomic E-state index is 11.5. The van der Waals surface area contributed by atoms with Crippen LogP contribution in [0.3, 0.4) is 0 Å². The van der Waals surface area contributed by atoms with Crippen LogP contribution in [-0.4, -0.2) is 24.7 Å². The van der Waals surface area contributed by atoms with Gasteiger partial charge in [-0.25, -0.2) is 9.78 Å². The largest absolute Gasteiger partial charge is 0.494 e. The molecule has 0 spiro atoms. The second-order valence-electron chi connectivity index (χ2n) is 6.53. The van der Waals surface area contributed by atoms with Gasteiger partial charge in [0.1, 0.15) is 10.8 Å². The molecular formula is C23H25NO3S. The van der Waals surface area contributed by atoms with Crippen molar-refractivity contribution in [2.45, 2.75) is 32.6 Å². The fraction of sp³-hybridized carbons (Fsp3) is 0.304. The lowest BCUT2D eigenvalue weighted by molar-refractivity contribution is 0.0601. The van der Waals surface area contributed by atoms with Crippen LogP contribution in [0.25, 0.3) is 21.0 Å². The Morgan fingerprint density at radius 3 is 2.36 bits per heavy atom. The molecule has 0 bridgehead atoms. The summed E-state index contributed by atoms with van der Waals surface area (Å²) in [6.07, 6.45) is 6.71. The van der Waals surface area contributed by atoms with Crippen molar-refractivity contribution >= 4 is 17.3 Å². The first-order valence-corrected chi connectivity index (χ1v) is 10.4. The van der Waals surface area contributed by atoms with Gasteiger partial charge in [0.05, 0.1) is 24.2 Å². The zero-order chi connectivity index (χ0) is 19.8. The van der Waals surface area contributed by atoms with Crippen LogP contribution < -0.4 is 4.74 Å². The molecule has 3 rings (SSSR count). The zero-order valence-corrected chi connectivity index (χ0v) is 17.1. The summed E-state index contributed by atoms with van der Waals surface area (Å²) in [4.78, 5) is 17.2. The van der Waals surface area contributed by atoms with Crippen LogP contribution in [0.1, 0.15) is 43.0 Å². The molecule has 0 aliphatic heterocycles. The smallest absolute Gasteiger partial charge is 0.337 e. The Hall–Kier alpha value is -2.66. The van der Waals surface area contributed by atoms with E-state index in [2.05, 4.69) is 24.0 Å². The number of hydrogen-bond acceptors (Lipinski definition) is 5. The number of nitrogens with zero attached hydrogens (tertiary/aromatic N) is 1. The van der Waals surface area contributed by atoms with Gasteiger partial charge in [0.25, 0.3) is 0 Å². The molecule has 0 saturated heterocycles. The number of unbranched alkanes of at least 4 members (excludes halogenated alkanes) is 3. The maximum atomic E-state index is 11.5. The Bertz CT molecular complexity index is 885. The normalized spacial score (nSPS) is 10.6. The van der Waals surface area contributed by atoms with Gasteiger partial charge in [-0.3, -0.25) is 0 Å². The quantitative estimate of drug-likeness (QED) is 0.319. The molecule has 0 aliphatic carbocycles. The molecule has 0 radical (unpaired) electrons.